The number of benzene rings is 2. The molecular weight excluding hydrogens is 478 g/mol. The van der Waals surface area contributed by atoms with E-state index in [2.05, 4.69) is 0 Å². The number of likely N-dealkylation sites (tertiary alicyclic amines) is 1. The first-order valence-electron chi connectivity index (χ1n) is 12.8. The maximum atomic E-state index is 13.0. The Labute approximate surface area is 215 Å². The van der Waals surface area contributed by atoms with E-state index in [-0.39, 0.29) is 18.2 Å². The molecule has 2 aromatic carbocycles. The first-order chi connectivity index (χ1) is 17.3. The van der Waals surface area contributed by atoms with Gasteiger partial charge in [0.05, 0.1) is 5.60 Å². The molecule has 2 atom stereocenters. The lowest BCUT2D eigenvalue weighted by Crippen LogP contribution is -2.54. The molecule has 0 bridgehead atoms. The Morgan fingerprint density at radius 3 is 2.89 bits per heavy atom. The second-order valence-corrected chi connectivity index (χ2v) is 10.6. The number of carbonyl (C=O) groups excluding carboxylic acids is 1. The topological polar surface area (TPSA) is 80.0 Å². The molecule has 1 aliphatic heterocycles. The standard InChI is InChI=1S/C29H32ClNO5/c1-19-23-10-9-22(35-18-20-6-2-3-8-25(20)30)16-26(23)36-28(33)24(19)11-12-27(32)31-15-14-29(34)13-5-4-7-21(29)17-31/h2-3,6,8-10,16,21,34H,4-5,7,11-15,17-18H2,1H3/t21-,29+/m0/s1. The van der Waals surface area contributed by atoms with Crippen LogP contribution in [0, 0.1) is 12.8 Å². The Morgan fingerprint density at radius 1 is 1.22 bits per heavy atom. The van der Waals surface area contributed by atoms with Crippen molar-refractivity contribution in [1.29, 1.82) is 0 Å². The van der Waals surface area contributed by atoms with Crippen molar-refractivity contribution in [3.8, 4) is 5.75 Å². The number of rotatable bonds is 6. The highest BCUT2D eigenvalue weighted by molar-refractivity contribution is 6.31. The molecule has 1 saturated carbocycles. The smallest absolute Gasteiger partial charge is 0.339 e. The molecule has 0 unspecified atom stereocenters. The number of ether oxygens (including phenoxy) is 1. The van der Waals surface area contributed by atoms with Crippen molar-refractivity contribution in [2.24, 2.45) is 5.92 Å². The summed E-state index contributed by atoms with van der Waals surface area (Å²) in [5.41, 5.74) is 1.66. The highest BCUT2D eigenvalue weighted by atomic mass is 35.5. The molecule has 190 valence electrons. The molecule has 2 aliphatic rings. The summed E-state index contributed by atoms with van der Waals surface area (Å²) in [5, 5.41) is 12.4. The summed E-state index contributed by atoms with van der Waals surface area (Å²) in [5.74, 6) is 0.774. The SMILES string of the molecule is Cc1c(CCC(=O)N2CC[C@]3(O)CCCC[C@H]3C2)c(=O)oc2cc(OCc3ccccc3Cl)ccc12. The number of hydrogen-bond donors (Lipinski definition) is 1. The molecule has 7 heteroatoms. The van der Waals surface area contributed by atoms with Gasteiger partial charge in [-0.2, -0.15) is 0 Å². The van der Waals surface area contributed by atoms with Crippen LogP contribution in [0.25, 0.3) is 11.0 Å². The normalized spacial score (nSPS) is 21.9. The van der Waals surface area contributed by atoms with Crippen molar-refractivity contribution in [1.82, 2.24) is 4.90 Å². The van der Waals surface area contributed by atoms with E-state index >= 15 is 0 Å². The fraction of sp³-hybridized carbons (Fsp3) is 0.448. The van der Waals surface area contributed by atoms with Gasteiger partial charge in [0.1, 0.15) is 17.9 Å². The number of piperidine rings is 1. The molecule has 1 N–H and O–H groups in total. The van der Waals surface area contributed by atoms with Gasteiger partial charge in [-0.3, -0.25) is 4.79 Å². The molecule has 36 heavy (non-hydrogen) atoms. The van der Waals surface area contributed by atoms with Gasteiger partial charge in [0.15, 0.2) is 0 Å². The molecule has 0 spiro atoms. The molecule has 0 radical (unpaired) electrons. The Hall–Kier alpha value is -2.83. The van der Waals surface area contributed by atoms with Crippen LogP contribution in [0.2, 0.25) is 5.02 Å². The second-order valence-electron chi connectivity index (χ2n) is 10.2. The average molecular weight is 510 g/mol. The molecule has 3 aromatic rings. The predicted octanol–water partition coefficient (Wildman–Crippen LogP) is 5.42. The van der Waals surface area contributed by atoms with Gasteiger partial charge in [-0.15, -0.1) is 0 Å². The van der Waals surface area contributed by atoms with Gasteiger partial charge < -0.3 is 19.2 Å². The first-order valence-corrected chi connectivity index (χ1v) is 13.1. The Balaban J connectivity index is 1.26. The summed E-state index contributed by atoms with van der Waals surface area (Å²) in [6.45, 7) is 3.39. The molecule has 6 nitrogen and oxygen atoms in total. The molecule has 2 fully saturated rings. The number of aliphatic hydroxyl groups is 1. The van der Waals surface area contributed by atoms with Crippen LogP contribution >= 0.6 is 11.6 Å². The van der Waals surface area contributed by atoms with Crippen molar-refractivity contribution in [2.75, 3.05) is 13.1 Å². The summed E-state index contributed by atoms with van der Waals surface area (Å²) in [6.07, 6.45) is 5.20. The summed E-state index contributed by atoms with van der Waals surface area (Å²) < 4.78 is 11.5. The molecule has 1 aliphatic carbocycles. The predicted molar refractivity (Wildman–Crippen MR) is 139 cm³/mol. The maximum Gasteiger partial charge on any atom is 0.339 e. The highest BCUT2D eigenvalue weighted by Gasteiger charge is 2.43. The van der Waals surface area contributed by atoms with Crippen LogP contribution in [0.5, 0.6) is 5.75 Å². The van der Waals surface area contributed by atoms with Crippen LogP contribution in [0.3, 0.4) is 0 Å². The average Bonchev–Trinajstić information content (AvgIpc) is 2.87. The van der Waals surface area contributed by atoms with Gasteiger partial charge in [-0.05, 0) is 56.4 Å². The van der Waals surface area contributed by atoms with Crippen molar-refractivity contribution >= 4 is 28.5 Å². The van der Waals surface area contributed by atoms with Crippen molar-refractivity contribution in [3.63, 3.8) is 0 Å². The van der Waals surface area contributed by atoms with E-state index in [0.717, 1.165) is 42.2 Å². The van der Waals surface area contributed by atoms with Gasteiger partial charge >= 0.3 is 5.63 Å². The maximum absolute atomic E-state index is 13.0. The number of nitrogens with zero attached hydrogens (tertiary/aromatic N) is 1. The number of carbonyl (C=O) groups is 1. The van der Waals surface area contributed by atoms with Crippen LogP contribution in [0.15, 0.2) is 51.7 Å². The third-order valence-electron chi connectivity index (χ3n) is 7.98. The zero-order valence-corrected chi connectivity index (χ0v) is 21.4. The Morgan fingerprint density at radius 2 is 2.06 bits per heavy atom. The van der Waals surface area contributed by atoms with Gasteiger partial charge in [0.2, 0.25) is 5.91 Å². The number of aryl methyl sites for hydroxylation is 1. The van der Waals surface area contributed by atoms with Crippen LogP contribution in [0.1, 0.15) is 55.2 Å². The Bertz CT molecular complexity index is 1330. The number of amides is 1. The van der Waals surface area contributed by atoms with E-state index in [1.807, 2.05) is 48.2 Å². The van der Waals surface area contributed by atoms with Crippen LogP contribution < -0.4 is 10.4 Å². The van der Waals surface area contributed by atoms with Gasteiger partial charge in [-0.25, -0.2) is 4.79 Å². The number of fused-ring (bicyclic) bond motifs is 2. The van der Waals surface area contributed by atoms with E-state index in [4.69, 9.17) is 20.8 Å². The minimum Gasteiger partial charge on any atom is -0.489 e. The quantitative estimate of drug-likeness (QED) is 0.449. The lowest BCUT2D eigenvalue weighted by atomic mass is 9.71. The summed E-state index contributed by atoms with van der Waals surface area (Å²) in [6, 6.07) is 12.9. The monoisotopic (exact) mass is 509 g/mol. The molecule has 1 amide bonds. The second kappa shape index (κ2) is 10.3. The number of hydrogen-bond acceptors (Lipinski definition) is 5. The van der Waals surface area contributed by atoms with Gasteiger partial charge in [-0.1, -0.05) is 42.6 Å². The molecule has 5 rings (SSSR count). The van der Waals surface area contributed by atoms with Crippen molar-refractivity contribution in [2.45, 2.75) is 64.1 Å². The third-order valence-corrected chi connectivity index (χ3v) is 8.35. The number of halogens is 1. The Kier molecular flexibility index (Phi) is 7.09. The summed E-state index contributed by atoms with van der Waals surface area (Å²) >= 11 is 6.20. The van der Waals surface area contributed by atoms with Gasteiger partial charge in [0.25, 0.3) is 0 Å². The van der Waals surface area contributed by atoms with E-state index < -0.39 is 11.2 Å². The summed E-state index contributed by atoms with van der Waals surface area (Å²) in [7, 11) is 0. The fourth-order valence-corrected chi connectivity index (χ4v) is 5.91. The molecule has 2 heterocycles. The van der Waals surface area contributed by atoms with E-state index in [9.17, 15) is 14.7 Å². The minimum atomic E-state index is -0.610. The van der Waals surface area contributed by atoms with E-state index in [0.29, 0.717) is 54.5 Å². The molecule has 1 aromatic heterocycles. The largest absolute Gasteiger partial charge is 0.489 e. The van der Waals surface area contributed by atoms with Crippen LogP contribution in [0.4, 0.5) is 0 Å². The lowest BCUT2D eigenvalue weighted by Gasteiger charge is -2.47. The zero-order chi connectivity index (χ0) is 25.3. The van der Waals surface area contributed by atoms with Crippen LogP contribution in [-0.4, -0.2) is 34.6 Å². The first kappa shape index (κ1) is 24.8. The zero-order valence-electron chi connectivity index (χ0n) is 20.6. The third kappa shape index (κ3) is 5.02. The lowest BCUT2D eigenvalue weighted by molar-refractivity contribution is -0.143. The molecular formula is C29H32ClNO5. The highest BCUT2D eigenvalue weighted by Crippen LogP contribution is 2.40. The fourth-order valence-electron chi connectivity index (χ4n) is 5.72. The van der Waals surface area contributed by atoms with Crippen molar-refractivity contribution < 1.29 is 19.1 Å². The van der Waals surface area contributed by atoms with E-state index in [1.54, 1.807) is 6.07 Å². The molecule has 1 saturated heterocycles. The van der Waals surface area contributed by atoms with Gasteiger partial charge in [0, 0.05) is 53.0 Å². The van der Waals surface area contributed by atoms with Crippen molar-refractivity contribution in [3.05, 3.63) is 74.6 Å². The summed E-state index contributed by atoms with van der Waals surface area (Å²) in [4.78, 5) is 27.7. The van der Waals surface area contributed by atoms with E-state index in [1.165, 1.54) is 0 Å². The van der Waals surface area contributed by atoms with Crippen LogP contribution in [-0.2, 0) is 17.8 Å². The minimum absolute atomic E-state index is 0.0323.